The molecule has 3 aromatic carbocycles. The van der Waals surface area contributed by atoms with E-state index in [1.807, 2.05) is 62.1 Å². The average molecular weight is 1250 g/mol. The van der Waals surface area contributed by atoms with Crippen molar-refractivity contribution in [2.45, 2.75) is 154 Å². The molecule has 5 saturated heterocycles. The molecule has 6 aliphatic heterocycles. The zero-order valence-corrected chi connectivity index (χ0v) is 55.0. The van der Waals surface area contributed by atoms with Gasteiger partial charge in [-0.15, -0.1) is 5.54 Å². The first-order valence-corrected chi connectivity index (χ1v) is 34.8. The standard InChI is InChI=1S/C69H87FN10O9Si/c1-42(2)90(43(3)4,44(5)6)31-22-46-12-11-13-47-32-51(88-41-86-10)34-54(58(46)47)60-59(70)61-55(35-71-60)62(78-37-49-14-15-50(38-78)79(49)67(85)89-68(7,8)9)74-66(73-61)87-40-69(23-24-69)39-76-25-20-45(21-26-76)36-75-27-29-77(30-28-75)48-16-17-52-53(33-48)65(84)80(64(52)83)56-18-19-57(81)72-63(56)82/h11-13,16-17,32-35,42-45,49-50,56H,14-15,18-21,23-30,36-41H2,1-10H3,(H,72,81,82). The quantitative estimate of drug-likeness (QED) is 0.0400. The van der Waals surface area contributed by atoms with E-state index in [-0.39, 0.29) is 66.0 Å². The number of imide groups is 2. The topological polar surface area (TPSA) is 192 Å². The summed E-state index contributed by atoms with van der Waals surface area (Å²) in [5.41, 5.74) is 7.38. The number of hydrogen-bond donors (Lipinski definition) is 1. The van der Waals surface area contributed by atoms with Crippen LogP contribution >= 0.6 is 0 Å². The maximum Gasteiger partial charge on any atom is 0.410 e. The van der Waals surface area contributed by atoms with Crippen molar-refractivity contribution in [3.8, 4) is 34.5 Å². The third-order valence-corrected chi connectivity index (χ3v) is 26.6. The summed E-state index contributed by atoms with van der Waals surface area (Å²) in [6.07, 6.45) is 7.33. The van der Waals surface area contributed by atoms with Gasteiger partial charge in [-0.2, -0.15) is 9.97 Å². The van der Waals surface area contributed by atoms with Crippen LogP contribution in [0.15, 0.2) is 54.7 Å². The number of benzene rings is 3. The predicted molar refractivity (Wildman–Crippen MR) is 346 cm³/mol. The van der Waals surface area contributed by atoms with Crippen LogP contribution in [0, 0.1) is 28.6 Å². The summed E-state index contributed by atoms with van der Waals surface area (Å²) in [4.78, 5) is 92.4. The number of likely N-dealkylation sites (tertiary alicyclic amines) is 1. The van der Waals surface area contributed by atoms with Crippen molar-refractivity contribution in [2.24, 2.45) is 11.3 Å². The number of methoxy groups -OCH3 is 1. The second-order valence-electron chi connectivity index (χ2n) is 28.2. The zero-order valence-electron chi connectivity index (χ0n) is 54.0. The number of amides is 5. The fourth-order valence-electron chi connectivity index (χ4n) is 15.5. The monoisotopic (exact) mass is 1250 g/mol. The van der Waals surface area contributed by atoms with E-state index in [1.54, 1.807) is 25.4 Å². The van der Waals surface area contributed by atoms with Crippen LogP contribution in [0.25, 0.3) is 32.9 Å². The lowest BCUT2D eigenvalue weighted by molar-refractivity contribution is -0.136. The van der Waals surface area contributed by atoms with E-state index in [2.05, 4.69) is 77.9 Å². The summed E-state index contributed by atoms with van der Waals surface area (Å²) in [6.45, 7) is 27.9. The van der Waals surface area contributed by atoms with Crippen molar-refractivity contribution in [1.82, 2.24) is 39.9 Å². The average Bonchev–Trinajstić information content (AvgIpc) is 1.18. The van der Waals surface area contributed by atoms with Gasteiger partial charge in [0.2, 0.25) is 11.8 Å². The minimum Gasteiger partial charge on any atom is -0.468 e. The summed E-state index contributed by atoms with van der Waals surface area (Å²) >= 11 is 0. The van der Waals surface area contributed by atoms with Crippen molar-refractivity contribution in [3.63, 3.8) is 0 Å². The summed E-state index contributed by atoms with van der Waals surface area (Å²) in [6, 6.07) is 14.0. The summed E-state index contributed by atoms with van der Waals surface area (Å²) in [7, 11) is -0.608. The third kappa shape index (κ3) is 12.4. The molecule has 478 valence electrons. The van der Waals surface area contributed by atoms with Gasteiger partial charge in [0, 0.05) is 99.7 Å². The Bertz CT molecular complexity index is 3660. The van der Waals surface area contributed by atoms with Gasteiger partial charge in [0.25, 0.3) is 11.8 Å². The lowest BCUT2D eigenvalue weighted by Crippen LogP contribution is -2.57. The molecule has 1 aliphatic carbocycles. The number of halogens is 1. The van der Waals surface area contributed by atoms with Crippen LogP contribution in [0.1, 0.15) is 140 Å². The van der Waals surface area contributed by atoms with Crippen LogP contribution in [0.5, 0.6) is 11.8 Å². The van der Waals surface area contributed by atoms with Crippen molar-refractivity contribution in [2.75, 3.05) is 95.8 Å². The zero-order chi connectivity index (χ0) is 63.6. The number of carbonyl (C=O) groups excluding carboxylic acids is 5. The molecule has 12 rings (SSSR count). The Hall–Kier alpha value is -7.25. The highest BCUT2D eigenvalue weighted by molar-refractivity contribution is 6.90. The van der Waals surface area contributed by atoms with Crippen molar-refractivity contribution >= 4 is 71.0 Å². The number of ether oxygens (including phenoxy) is 4. The molecule has 7 aliphatic rings. The highest BCUT2D eigenvalue weighted by Gasteiger charge is 2.49. The molecule has 6 fully saturated rings. The summed E-state index contributed by atoms with van der Waals surface area (Å²) in [5, 5.41) is 4.32. The van der Waals surface area contributed by atoms with E-state index in [4.69, 9.17) is 33.9 Å². The van der Waals surface area contributed by atoms with Gasteiger partial charge in [-0.1, -0.05) is 59.6 Å². The molecular weight excluding hydrogens is 1160 g/mol. The predicted octanol–water partition coefficient (Wildman–Crippen LogP) is 10.2. The first-order valence-electron chi connectivity index (χ1n) is 32.6. The van der Waals surface area contributed by atoms with Crippen LogP contribution in [-0.4, -0.2) is 182 Å². The maximum absolute atomic E-state index is 18.3. The normalized spacial score (nSPS) is 21.6. The van der Waals surface area contributed by atoms with Crippen LogP contribution in [0.4, 0.5) is 20.7 Å². The van der Waals surface area contributed by atoms with Crippen LogP contribution in [0.3, 0.4) is 0 Å². The molecule has 19 nitrogen and oxygen atoms in total. The van der Waals surface area contributed by atoms with Crippen LogP contribution in [0.2, 0.25) is 16.6 Å². The maximum atomic E-state index is 18.3. The number of rotatable bonds is 17. The molecule has 0 spiro atoms. The lowest BCUT2D eigenvalue weighted by Gasteiger charge is -2.42. The Balaban J connectivity index is 0.757. The molecule has 5 aromatic rings. The highest BCUT2D eigenvalue weighted by Crippen LogP contribution is 2.48. The number of piperazine rings is 2. The number of piperidine rings is 2. The number of fused-ring (bicyclic) bond motifs is 5. The second-order valence-corrected chi connectivity index (χ2v) is 33.8. The molecule has 2 bridgehead atoms. The molecule has 0 radical (unpaired) electrons. The van der Waals surface area contributed by atoms with Gasteiger partial charge in [0.05, 0.1) is 35.2 Å². The van der Waals surface area contributed by atoms with Gasteiger partial charge in [0.15, 0.2) is 12.6 Å². The number of nitrogens with zero attached hydrogens (tertiary/aromatic N) is 9. The molecule has 90 heavy (non-hydrogen) atoms. The van der Waals surface area contributed by atoms with E-state index in [0.717, 1.165) is 118 Å². The van der Waals surface area contributed by atoms with Crippen molar-refractivity contribution in [1.29, 1.82) is 0 Å². The Morgan fingerprint density at radius 2 is 1.50 bits per heavy atom. The minimum atomic E-state index is -2.17. The summed E-state index contributed by atoms with van der Waals surface area (Å²) in [5.74, 6) is 2.63. The SMILES string of the molecule is COCOc1cc(-c2ncc3c(N4CC5CCC(C4)N5C(=O)OC(C)(C)C)nc(OCC4(CN5CCC(CN6CCN(c7ccc8c(c7)C(=O)N(C7CCC(=O)NC7=O)C8=O)CC6)CC5)CC4)nc3c2F)c2c(C#C[Si](C(C)C)(C(C)C)C(C)C)cccc2c1. The number of carbonyl (C=O) groups is 5. The van der Waals surface area contributed by atoms with Gasteiger partial charge in [-0.25, -0.2) is 9.18 Å². The Labute approximate surface area is 528 Å². The smallest absolute Gasteiger partial charge is 0.410 e. The van der Waals surface area contributed by atoms with Gasteiger partial charge in [-0.05, 0) is 143 Å². The minimum absolute atomic E-state index is 0.000557. The van der Waals surface area contributed by atoms with E-state index in [9.17, 15) is 24.0 Å². The number of anilines is 2. The highest BCUT2D eigenvalue weighted by atomic mass is 28.3. The first kappa shape index (κ1) is 62.9. The molecular formula is C69H87FN10O9Si. The molecule has 2 aromatic heterocycles. The molecule has 5 amide bonds. The van der Waals surface area contributed by atoms with Crippen LogP contribution in [-0.2, 0) is 19.1 Å². The van der Waals surface area contributed by atoms with E-state index in [0.29, 0.717) is 70.3 Å². The van der Waals surface area contributed by atoms with E-state index in [1.165, 1.54) is 0 Å². The number of pyridine rings is 1. The number of aromatic nitrogens is 3. The molecule has 21 heteroatoms. The first-order chi connectivity index (χ1) is 43.0. The van der Waals surface area contributed by atoms with Gasteiger partial charge >= 0.3 is 12.1 Å². The number of hydrogen-bond acceptors (Lipinski definition) is 16. The van der Waals surface area contributed by atoms with Gasteiger partial charge in [-0.3, -0.25) is 44.2 Å². The molecule has 3 atom stereocenters. The molecule has 1 N–H and O–H groups in total. The molecule has 8 heterocycles. The summed E-state index contributed by atoms with van der Waals surface area (Å²) < 4.78 is 42.3. The van der Waals surface area contributed by atoms with E-state index < -0.39 is 49.2 Å². The second kappa shape index (κ2) is 25.1. The van der Waals surface area contributed by atoms with E-state index >= 15 is 4.39 Å². The Morgan fingerprint density at radius 3 is 2.16 bits per heavy atom. The molecule has 1 saturated carbocycles. The van der Waals surface area contributed by atoms with Crippen molar-refractivity contribution in [3.05, 3.63) is 77.2 Å². The van der Waals surface area contributed by atoms with Crippen LogP contribution < -0.4 is 24.6 Å². The van der Waals surface area contributed by atoms with Crippen molar-refractivity contribution < 1.29 is 47.3 Å². The van der Waals surface area contributed by atoms with Gasteiger partial charge < -0.3 is 33.6 Å². The number of nitrogens with one attached hydrogen (secondary N) is 1. The lowest BCUT2D eigenvalue weighted by atomic mass is 9.94. The fourth-order valence-corrected chi connectivity index (χ4v) is 20.7. The third-order valence-electron chi connectivity index (χ3n) is 20.3. The Kier molecular flexibility index (Phi) is 17.5. The van der Waals surface area contributed by atoms with Gasteiger partial charge in [0.1, 0.15) is 42.5 Å². The Morgan fingerprint density at radius 1 is 0.800 bits per heavy atom. The fraction of sp³-hybridized carbons (Fsp3) is 0.565. The molecule has 3 unspecified atom stereocenters. The largest absolute Gasteiger partial charge is 0.468 e.